The molecule has 1 aliphatic heterocycles. The van der Waals surface area contributed by atoms with Crippen molar-refractivity contribution in [3.8, 4) is 0 Å². The van der Waals surface area contributed by atoms with Crippen LogP contribution in [0, 0.1) is 13.8 Å². The minimum atomic E-state index is -0.173. The Balaban J connectivity index is 1.58. The van der Waals surface area contributed by atoms with Crippen molar-refractivity contribution in [3.05, 3.63) is 29.7 Å². The zero-order chi connectivity index (χ0) is 18.1. The van der Waals surface area contributed by atoms with E-state index in [9.17, 15) is 4.79 Å². The molecular weight excluding hydrogens is 316 g/mol. The minimum Gasteiger partial charge on any atom is -0.310 e. The monoisotopic (exact) mass is 344 g/mol. The second-order valence-corrected chi connectivity index (χ2v) is 7.06. The summed E-state index contributed by atoms with van der Waals surface area (Å²) in [6, 6.07) is 4.39. The molecule has 2 atom stereocenters. The summed E-state index contributed by atoms with van der Waals surface area (Å²) in [6.45, 7) is 11.9. The van der Waals surface area contributed by atoms with E-state index in [2.05, 4.69) is 51.9 Å². The van der Waals surface area contributed by atoms with Gasteiger partial charge in [0.1, 0.15) is 5.82 Å². The molecule has 7 nitrogen and oxygen atoms in total. The minimum absolute atomic E-state index is 0.0110. The normalized spacial score (nSPS) is 18.0. The molecule has 136 valence electrons. The summed E-state index contributed by atoms with van der Waals surface area (Å²) >= 11 is 0. The van der Waals surface area contributed by atoms with Gasteiger partial charge in [-0.05, 0) is 40.2 Å². The quantitative estimate of drug-likeness (QED) is 0.874. The Bertz CT molecular complexity index is 743. The molecule has 0 unspecified atom stereocenters. The highest BCUT2D eigenvalue weighted by molar-refractivity contribution is 5.93. The number of rotatable bonds is 6. The first-order valence-electron chi connectivity index (χ1n) is 9.01. The predicted octanol–water partition coefficient (Wildman–Crippen LogP) is 2.55. The second-order valence-electron chi connectivity index (χ2n) is 7.06. The van der Waals surface area contributed by atoms with Crippen LogP contribution in [0.4, 0.5) is 5.82 Å². The van der Waals surface area contributed by atoms with Crippen LogP contribution >= 0.6 is 0 Å². The zero-order valence-electron chi connectivity index (χ0n) is 15.7. The molecular formula is C18H28N6O. The molecule has 1 N–H and O–H groups in total. The van der Waals surface area contributed by atoms with Gasteiger partial charge in [0.2, 0.25) is 5.91 Å². The number of hydrogen-bond acceptors (Lipinski definition) is 4. The second kappa shape index (κ2) is 7.00. The molecule has 0 radical (unpaired) electrons. The summed E-state index contributed by atoms with van der Waals surface area (Å²) in [5.41, 5.74) is 2.22. The van der Waals surface area contributed by atoms with Gasteiger partial charge < -0.3 is 5.32 Å². The molecule has 2 aromatic heterocycles. The third kappa shape index (κ3) is 3.46. The lowest BCUT2D eigenvalue weighted by Crippen LogP contribution is -2.55. The fourth-order valence-electron chi connectivity index (χ4n) is 3.31. The Morgan fingerprint density at radius 1 is 1.36 bits per heavy atom. The first-order chi connectivity index (χ1) is 11.9. The lowest BCUT2D eigenvalue weighted by atomic mass is 10.1. The lowest BCUT2D eigenvalue weighted by Gasteiger charge is -2.42. The molecule has 7 heteroatoms. The number of likely N-dealkylation sites (tertiary alicyclic amines) is 1. The van der Waals surface area contributed by atoms with Crippen LogP contribution in [0.3, 0.4) is 0 Å². The summed E-state index contributed by atoms with van der Waals surface area (Å²) in [7, 11) is 0. The molecule has 0 saturated carbocycles. The van der Waals surface area contributed by atoms with Crippen molar-refractivity contribution in [1.82, 2.24) is 24.5 Å². The largest absolute Gasteiger partial charge is 0.310 e. The number of carbonyl (C=O) groups is 1. The first kappa shape index (κ1) is 17.7. The number of aryl methyl sites for hydroxylation is 2. The van der Waals surface area contributed by atoms with Crippen LogP contribution in [-0.4, -0.2) is 49.5 Å². The lowest BCUT2D eigenvalue weighted by molar-refractivity contribution is -0.123. The average Bonchev–Trinajstić information content (AvgIpc) is 3.11. The average molecular weight is 344 g/mol. The number of nitrogens with zero attached hydrogens (tertiary/aromatic N) is 5. The van der Waals surface area contributed by atoms with Crippen LogP contribution in [-0.2, 0) is 4.79 Å². The highest BCUT2D eigenvalue weighted by atomic mass is 16.2. The first-order valence-corrected chi connectivity index (χ1v) is 9.01. The summed E-state index contributed by atoms with van der Waals surface area (Å²) in [5.74, 6) is 0.777. The number of aromatic nitrogens is 4. The Morgan fingerprint density at radius 2 is 2.08 bits per heavy atom. The molecule has 25 heavy (non-hydrogen) atoms. The Hall–Kier alpha value is -2.15. The van der Waals surface area contributed by atoms with Gasteiger partial charge in [-0.15, -0.1) is 0 Å². The molecule has 3 rings (SSSR count). The van der Waals surface area contributed by atoms with Crippen molar-refractivity contribution in [3.63, 3.8) is 0 Å². The van der Waals surface area contributed by atoms with E-state index in [1.807, 2.05) is 24.6 Å². The maximum Gasteiger partial charge on any atom is 0.242 e. The molecule has 1 saturated heterocycles. The van der Waals surface area contributed by atoms with Gasteiger partial charge in [-0.2, -0.15) is 10.2 Å². The van der Waals surface area contributed by atoms with Crippen LogP contribution in [0.1, 0.15) is 50.7 Å². The Labute approximate surface area is 149 Å². The maximum atomic E-state index is 12.6. The van der Waals surface area contributed by atoms with Crippen LogP contribution < -0.4 is 5.32 Å². The van der Waals surface area contributed by atoms with E-state index >= 15 is 0 Å². The third-order valence-electron chi connectivity index (χ3n) is 5.14. The fraction of sp³-hybridized carbons (Fsp3) is 0.611. The van der Waals surface area contributed by atoms with Crippen LogP contribution in [0.15, 0.2) is 18.3 Å². The Kier molecular flexibility index (Phi) is 4.94. The molecule has 1 aliphatic rings. The van der Waals surface area contributed by atoms with Crippen molar-refractivity contribution >= 4 is 11.7 Å². The van der Waals surface area contributed by atoms with Gasteiger partial charge in [-0.1, -0.05) is 6.92 Å². The van der Waals surface area contributed by atoms with Gasteiger partial charge in [-0.25, -0.2) is 4.68 Å². The third-order valence-corrected chi connectivity index (χ3v) is 5.14. The number of amides is 1. The molecule has 1 fully saturated rings. The number of carbonyl (C=O) groups excluding carboxylic acids is 1. The summed E-state index contributed by atoms with van der Waals surface area (Å²) in [6.07, 6.45) is 2.70. The fourth-order valence-corrected chi connectivity index (χ4v) is 3.31. The van der Waals surface area contributed by atoms with Crippen molar-refractivity contribution in [2.45, 2.75) is 59.2 Å². The number of nitrogens with one attached hydrogen (secondary N) is 1. The maximum absolute atomic E-state index is 12.6. The van der Waals surface area contributed by atoms with Crippen molar-refractivity contribution in [2.75, 3.05) is 18.4 Å². The summed E-state index contributed by atoms with van der Waals surface area (Å²) < 4.78 is 3.95. The summed E-state index contributed by atoms with van der Waals surface area (Å²) in [4.78, 5) is 14.8. The SMILES string of the molecule is CC[C@H](C)n1nccc1NC(=O)[C@@H](C)N1CC(n2nc(C)cc2C)C1. The zero-order valence-corrected chi connectivity index (χ0v) is 15.7. The van der Waals surface area contributed by atoms with E-state index in [1.54, 1.807) is 6.20 Å². The highest BCUT2D eigenvalue weighted by Gasteiger charge is 2.35. The van der Waals surface area contributed by atoms with Gasteiger partial charge >= 0.3 is 0 Å². The van der Waals surface area contributed by atoms with Gasteiger partial charge in [0.25, 0.3) is 0 Å². The van der Waals surface area contributed by atoms with Gasteiger partial charge in [0.05, 0.1) is 30.0 Å². The molecule has 0 bridgehead atoms. The molecule has 0 aliphatic carbocycles. The van der Waals surface area contributed by atoms with Crippen LogP contribution in [0.2, 0.25) is 0 Å². The predicted molar refractivity (Wildman–Crippen MR) is 97.6 cm³/mol. The van der Waals surface area contributed by atoms with E-state index in [1.165, 1.54) is 5.69 Å². The molecule has 1 amide bonds. The van der Waals surface area contributed by atoms with Gasteiger partial charge in [0.15, 0.2) is 0 Å². The van der Waals surface area contributed by atoms with Crippen molar-refractivity contribution in [1.29, 1.82) is 0 Å². The van der Waals surface area contributed by atoms with E-state index in [0.29, 0.717) is 6.04 Å². The van der Waals surface area contributed by atoms with Gasteiger partial charge in [0, 0.05) is 24.8 Å². The van der Waals surface area contributed by atoms with E-state index < -0.39 is 0 Å². The number of anilines is 1. The number of hydrogen-bond donors (Lipinski definition) is 1. The van der Waals surface area contributed by atoms with E-state index in [-0.39, 0.29) is 18.0 Å². The molecule has 3 heterocycles. The smallest absolute Gasteiger partial charge is 0.242 e. The highest BCUT2D eigenvalue weighted by Crippen LogP contribution is 2.25. The molecule has 0 spiro atoms. The van der Waals surface area contributed by atoms with Crippen LogP contribution in [0.25, 0.3) is 0 Å². The van der Waals surface area contributed by atoms with E-state index in [0.717, 1.165) is 31.0 Å². The molecule has 0 aromatic carbocycles. The standard InChI is InChI=1S/C18H28N6O/c1-6-13(3)24-17(7-8-19-24)20-18(25)15(5)22-10-16(11-22)23-14(4)9-12(2)21-23/h7-9,13,15-16H,6,10-11H2,1-5H3,(H,20,25)/t13-,15+/m0/s1. The van der Waals surface area contributed by atoms with Crippen molar-refractivity contribution < 1.29 is 4.79 Å². The van der Waals surface area contributed by atoms with Crippen molar-refractivity contribution in [2.24, 2.45) is 0 Å². The molecule has 2 aromatic rings. The topological polar surface area (TPSA) is 68.0 Å². The Morgan fingerprint density at radius 3 is 2.68 bits per heavy atom. The van der Waals surface area contributed by atoms with Crippen LogP contribution in [0.5, 0.6) is 0 Å². The van der Waals surface area contributed by atoms with E-state index in [4.69, 9.17) is 0 Å². The summed E-state index contributed by atoms with van der Waals surface area (Å²) in [5, 5.41) is 11.9. The van der Waals surface area contributed by atoms with Gasteiger partial charge in [-0.3, -0.25) is 14.4 Å².